The topological polar surface area (TPSA) is 66.0 Å². The summed E-state index contributed by atoms with van der Waals surface area (Å²) in [6.07, 6.45) is 1.94. The van der Waals surface area contributed by atoms with Gasteiger partial charge in [0.05, 0.1) is 12.3 Å². The van der Waals surface area contributed by atoms with E-state index in [1.807, 2.05) is 11.6 Å². The van der Waals surface area contributed by atoms with Crippen LogP contribution in [0.3, 0.4) is 0 Å². The Morgan fingerprint density at radius 3 is 3.11 bits per heavy atom. The molecule has 0 saturated carbocycles. The van der Waals surface area contributed by atoms with E-state index < -0.39 is 0 Å². The number of fused-ring (bicyclic) bond motifs is 1. The summed E-state index contributed by atoms with van der Waals surface area (Å²) in [5, 5.41) is 7.88. The van der Waals surface area contributed by atoms with E-state index in [0.717, 1.165) is 37.4 Å². The van der Waals surface area contributed by atoms with Crippen molar-refractivity contribution >= 4 is 5.82 Å². The molecule has 94 valence electrons. The minimum absolute atomic E-state index is 0.511. The second-order valence-corrected chi connectivity index (χ2v) is 4.57. The molecule has 5 heteroatoms. The summed E-state index contributed by atoms with van der Waals surface area (Å²) in [6.45, 7) is 3.54. The van der Waals surface area contributed by atoms with Crippen LogP contribution in [0.15, 0.2) is 18.2 Å². The smallest absolute Gasteiger partial charge is 0.168 e. The van der Waals surface area contributed by atoms with Gasteiger partial charge < -0.3 is 10.5 Å². The summed E-state index contributed by atoms with van der Waals surface area (Å²) >= 11 is 0. The van der Waals surface area contributed by atoms with Crippen molar-refractivity contribution < 1.29 is 4.74 Å². The minimum atomic E-state index is 0.511. The molecular weight excluding hydrogens is 228 g/mol. The Morgan fingerprint density at radius 1 is 1.44 bits per heavy atom. The number of benzene rings is 1. The van der Waals surface area contributed by atoms with Crippen LogP contribution >= 0.6 is 0 Å². The quantitative estimate of drug-likeness (QED) is 0.885. The molecule has 1 aromatic carbocycles. The lowest BCUT2D eigenvalue weighted by atomic mass is 10.1. The molecule has 0 saturated heterocycles. The first-order valence-electron chi connectivity index (χ1n) is 6.14. The Labute approximate surface area is 106 Å². The normalized spacial score (nSPS) is 13.4. The Bertz CT molecular complexity index is 576. The lowest BCUT2D eigenvalue weighted by Gasteiger charge is -2.05. The van der Waals surface area contributed by atoms with E-state index in [4.69, 9.17) is 10.5 Å². The number of aryl methyl sites for hydroxylation is 2. The first-order valence-corrected chi connectivity index (χ1v) is 6.14. The van der Waals surface area contributed by atoms with Crippen LogP contribution in [0.1, 0.15) is 16.8 Å². The summed E-state index contributed by atoms with van der Waals surface area (Å²) in [4.78, 5) is 0. The molecule has 2 heterocycles. The number of anilines is 1. The van der Waals surface area contributed by atoms with E-state index in [-0.39, 0.29) is 0 Å². The van der Waals surface area contributed by atoms with E-state index in [1.165, 1.54) is 11.1 Å². The molecule has 1 aromatic heterocycles. The molecule has 0 fully saturated rings. The molecule has 1 aliphatic heterocycles. The van der Waals surface area contributed by atoms with Gasteiger partial charge in [-0.1, -0.05) is 17.3 Å². The average Bonchev–Trinajstić information content (AvgIpc) is 2.96. The minimum Gasteiger partial charge on any atom is -0.493 e. The molecule has 2 aromatic rings. The van der Waals surface area contributed by atoms with Crippen molar-refractivity contribution in [1.29, 1.82) is 0 Å². The highest BCUT2D eigenvalue weighted by Crippen LogP contribution is 2.26. The van der Waals surface area contributed by atoms with Gasteiger partial charge in [0, 0.05) is 13.0 Å². The van der Waals surface area contributed by atoms with Crippen LogP contribution in [0.25, 0.3) is 0 Å². The predicted octanol–water partition coefficient (Wildman–Crippen LogP) is 1.35. The van der Waals surface area contributed by atoms with Gasteiger partial charge in [-0.3, -0.25) is 0 Å². The number of ether oxygens (including phenoxy) is 1. The van der Waals surface area contributed by atoms with Crippen LogP contribution in [-0.2, 0) is 19.4 Å². The Morgan fingerprint density at radius 2 is 2.33 bits per heavy atom. The summed E-state index contributed by atoms with van der Waals surface area (Å²) < 4.78 is 7.34. The first-order chi connectivity index (χ1) is 8.74. The van der Waals surface area contributed by atoms with Gasteiger partial charge in [-0.15, -0.1) is 5.10 Å². The standard InChI is InChI=1S/C13H16N4O/c1-9-13(14)15-16-17(9)6-4-10-2-3-12-11(8-10)5-7-18-12/h2-3,8H,4-7,14H2,1H3. The molecule has 0 bridgehead atoms. The zero-order valence-corrected chi connectivity index (χ0v) is 10.4. The van der Waals surface area contributed by atoms with Gasteiger partial charge in [0.2, 0.25) is 0 Å². The maximum absolute atomic E-state index is 5.67. The molecule has 0 amide bonds. The fourth-order valence-electron chi connectivity index (χ4n) is 2.22. The van der Waals surface area contributed by atoms with E-state index in [0.29, 0.717) is 5.82 Å². The number of nitrogens with two attached hydrogens (primary N) is 1. The first kappa shape index (κ1) is 11.1. The zero-order valence-electron chi connectivity index (χ0n) is 10.4. The summed E-state index contributed by atoms with van der Waals surface area (Å²) in [7, 11) is 0. The van der Waals surface area contributed by atoms with Crippen LogP contribution in [0, 0.1) is 6.92 Å². The van der Waals surface area contributed by atoms with Crippen LogP contribution in [0.4, 0.5) is 5.82 Å². The molecule has 3 rings (SSSR count). The SMILES string of the molecule is Cc1c(N)nnn1CCc1ccc2c(c1)CCO2. The summed E-state index contributed by atoms with van der Waals surface area (Å²) in [6, 6.07) is 6.39. The average molecular weight is 244 g/mol. The van der Waals surface area contributed by atoms with E-state index >= 15 is 0 Å². The van der Waals surface area contributed by atoms with Crippen LogP contribution in [0.5, 0.6) is 5.75 Å². The van der Waals surface area contributed by atoms with Crippen molar-refractivity contribution in [3.05, 3.63) is 35.0 Å². The maximum Gasteiger partial charge on any atom is 0.168 e. The highest BCUT2D eigenvalue weighted by molar-refractivity contribution is 5.39. The van der Waals surface area contributed by atoms with E-state index in [9.17, 15) is 0 Å². The molecule has 18 heavy (non-hydrogen) atoms. The third-order valence-corrected chi connectivity index (χ3v) is 3.38. The lowest BCUT2D eigenvalue weighted by molar-refractivity contribution is 0.357. The third-order valence-electron chi connectivity index (χ3n) is 3.38. The van der Waals surface area contributed by atoms with Gasteiger partial charge in [-0.05, 0) is 30.5 Å². The maximum atomic E-state index is 5.67. The van der Waals surface area contributed by atoms with E-state index in [2.05, 4.69) is 28.5 Å². The summed E-state index contributed by atoms with van der Waals surface area (Å²) in [5.74, 6) is 1.54. The second kappa shape index (κ2) is 4.33. The molecule has 2 N–H and O–H groups in total. The van der Waals surface area contributed by atoms with Crippen molar-refractivity contribution in [2.75, 3.05) is 12.3 Å². The van der Waals surface area contributed by atoms with Crippen LogP contribution in [-0.4, -0.2) is 21.6 Å². The molecule has 0 radical (unpaired) electrons. The Hall–Kier alpha value is -2.04. The van der Waals surface area contributed by atoms with E-state index in [1.54, 1.807) is 0 Å². The highest BCUT2D eigenvalue weighted by atomic mass is 16.5. The van der Waals surface area contributed by atoms with Crippen LogP contribution in [0.2, 0.25) is 0 Å². The van der Waals surface area contributed by atoms with Crippen molar-refractivity contribution in [3.8, 4) is 5.75 Å². The van der Waals surface area contributed by atoms with Crippen molar-refractivity contribution in [1.82, 2.24) is 15.0 Å². The van der Waals surface area contributed by atoms with Gasteiger partial charge in [0.15, 0.2) is 5.82 Å². The predicted molar refractivity (Wildman–Crippen MR) is 68.5 cm³/mol. The highest BCUT2D eigenvalue weighted by Gasteiger charge is 2.12. The molecule has 0 unspecified atom stereocenters. The number of nitrogens with zero attached hydrogens (tertiary/aromatic N) is 3. The van der Waals surface area contributed by atoms with Gasteiger partial charge in [-0.25, -0.2) is 4.68 Å². The Kier molecular flexibility index (Phi) is 2.66. The van der Waals surface area contributed by atoms with Crippen molar-refractivity contribution in [2.24, 2.45) is 0 Å². The summed E-state index contributed by atoms with van der Waals surface area (Å²) in [5.41, 5.74) is 9.21. The zero-order chi connectivity index (χ0) is 12.5. The monoisotopic (exact) mass is 244 g/mol. The molecule has 0 spiro atoms. The molecule has 0 aliphatic carbocycles. The van der Waals surface area contributed by atoms with Crippen molar-refractivity contribution in [3.63, 3.8) is 0 Å². The molecule has 1 aliphatic rings. The number of aromatic nitrogens is 3. The van der Waals surface area contributed by atoms with Crippen molar-refractivity contribution in [2.45, 2.75) is 26.3 Å². The third kappa shape index (κ3) is 1.92. The number of nitrogen functional groups attached to an aromatic ring is 1. The molecular formula is C13H16N4O. The molecule has 0 atom stereocenters. The fraction of sp³-hybridized carbons (Fsp3) is 0.385. The van der Waals surface area contributed by atoms with Gasteiger partial charge >= 0.3 is 0 Å². The van der Waals surface area contributed by atoms with Crippen LogP contribution < -0.4 is 10.5 Å². The lowest BCUT2D eigenvalue weighted by Crippen LogP contribution is -2.05. The van der Waals surface area contributed by atoms with Gasteiger partial charge in [0.25, 0.3) is 0 Å². The second-order valence-electron chi connectivity index (χ2n) is 4.57. The van der Waals surface area contributed by atoms with Gasteiger partial charge in [0.1, 0.15) is 5.75 Å². The number of hydrogen-bond donors (Lipinski definition) is 1. The van der Waals surface area contributed by atoms with Gasteiger partial charge in [-0.2, -0.15) is 0 Å². The Balaban J connectivity index is 1.72. The fourth-order valence-corrected chi connectivity index (χ4v) is 2.22. The largest absolute Gasteiger partial charge is 0.493 e. The number of rotatable bonds is 3. The number of hydrogen-bond acceptors (Lipinski definition) is 4. The molecule has 5 nitrogen and oxygen atoms in total.